The Balaban J connectivity index is 2.54. The zero-order valence-electron chi connectivity index (χ0n) is 11.8. The van der Waals surface area contributed by atoms with Gasteiger partial charge in [-0.2, -0.15) is 0 Å². The molecular weight excluding hydrogens is 283 g/mol. The van der Waals surface area contributed by atoms with Gasteiger partial charge in [0.2, 0.25) is 0 Å². The summed E-state index contributed by atoms with van der Waals surface area (Å²) in [7, 11) is 1.44. The number of ether oxygens (including phenoxy) is 2. The van der Waals surface area contributed by atoms with Gasteiger partial charge < -0.3 is 14.0 Å². The van der Waals surface area contributed by atoms with Crippen molar-refractivity contribution in [1.29, 1.82) is 0 Å². The molecule has 6 heteroatoms. The van der Waals surface area contributed by atoms with Crippen LogP contribution in [0.25, 0.3) is 11.0 Å². The van der Waals surface area contributed by atoms with Crippen molar-refractivity contribution in [1.82, 2.24) is 9.55 Å². The monoisotopic (exact) mass is 300 g/mol. The maximum absolute atomic E-state index is 13.7. The van der Waals surface area contributed by atoms with Crippen LogP contribution in [0.2, 0.25) is 0 Å². The maximum Gasteiger partial charge on any atom is 0.167 e. The van der Waals surface area contributed by atoms with Crippen molar-refractivity contribution in [3.8, 4) is 5.75 Å². The van der Waals surface area contributed by atoms with Gasteiger partial charge in [-0.1, -0.05) is 0 Å². The van der Waals surface area contributed by atoms with Gasteiger partial charge in [0.25, 0.3) is 0 Å². The lowest BCUT2D eigenvalue weighted by atomic mass is 10.2. The van der Waals surface area contributed by atoms with Crippen LogP contribution >= 0.6 is 11.6 Å². The first kappa shape index (κ1) is 15.1. The van der Waals surface area contributed by atoms with Crippen LogP contribution in [0.1, 0.15) is 25.7 Å². The second-order valence-corrected chi connectivity index (χ2v) is 4.78. The second-order valence-electron chi connectivity index (χ2n) is 4.52. The molecule has 0 radical (unpaired) electrons. The van der Waals surface area contributed by atoms with Crippen LogP contribution in [-0.4, -0.2) is 29.9 Å². The van der Waals surface area contributed by atoms with Crippen LogP contribution in [0.3, 0.4) is 0 Å². The van der Waals surface area contributed by atoms with Gasteiger partial charge in [0.05, 0.1) is 36.7 Å². The van der Waals surface area contributed by atoms with E-state index in [1.54, 1.807) is 6.07 Å². The average Bonchev–Trinajstić information content (AvgIpc) is 2.81. The molecule has 2 aromatic rings. The van der Waals surface area contributed by atoms with Crippen molar-refractivity contribution in [2.75, 3.05) is 20.3 Å². The third-order valence-corrected chi connectivity index (χ3v) is 3.40. The Morgan fingerprint density at radius 1 is 1.45 bits per heavy atom. The van der Waals surface area contributed by atoms with Crippen molar-refractivity contribution in [3.05, 3.63) is 23.8 Å². The SMILES string of the molecule is CCOCC(C)n1c(CCl)nc2cc(F)c(OC)cc21. The molecule has 0 amide bonds. The number of hydrogen-bond acceptors (Lipinski definition) is 3. The zero-order chi connectivity index (χ0) is 14.7. The first-order valence-corrected chi connectivity index (χ1v) is 7.03. The Morgan fingerprint density at radius 3 is 2.80 bits per heavy atom. The topological polar surface area (TPSA) is 36.3 Å². The van der Waals surface area contributed by atoms with Gasteiger partial charge in [-0.3, -0.25) is 0 Å². The van der Waals surface area contributed by atoms with Crippen molar-refractivity contribution in [2.45, 2.75) is 25.8 Å². The molecule has 4 nitrogen and oxygen atoms in total. The molecule has 0 fully saturated rings. The summed E-state index contributed by atoms with van der Waals surface area (Å²) in [5, 5.41) is 0. The lowest BCUT2D eigenvalue weighted by Crippen LogP contribution is -2.14. The standard InChI is InChI=1S/C14H18ClFN2O2/c1-4-20-8-9(2)18-12-6-13(19-3)10(16)5-11(12)17-14(18)7-15/h5-6,9H,4,7-8H2,1-3H3. The van der Waals surface area contributed by atoms with E-state index >= 15 is 0 Å². The van der Waals surface area contributed by atoms with Crippen LogP contribution in [0.5, 0.6) is 5.75 Å². The lowest BCUT2D eigenvalue weighted by molar-refractivity contribution is 0.119. The third kappa shape index (κ3) is 2.74. The number of fused-ring (bicyclic) bond motifs is 1. The lowest BCUT2D eigenvalue weighted by Gasteiger charge is -2.17. The number of halogens is 2. The van der Waals surface area contributed by atoms with E-state index in [4.69, 9.17) is 21.1 Å². The molecule has 0 aliphatic rings. The normalized spacial score (nSPS) is 12.8. The van der Waals surface area contributed by atoms with E-state index in [2.05, 4.69) is 4.98 Å². The van der Waals surface area contributed by atoms with Gasteiger partial charge in [0, 0.05) is 18.7 Å². The van der Waals surface area contributed by atoms with Gasteiger partial charge in [-0.25, -0.2) is 9.37 Å². The van der Waals surface area contributed by atoms with E-state index in [1.807, 2.05) is 18.4 Å². The van der Waals surface area contributed by atoms with Gasteiger partial charge >= 0.3 is 0 Å². The van der Waals surface area contributed by atoms with Gasteiger partial charge in [-0.05, 0) is 13.8 Å². The number of alkyl halides is 1. The van der Waals surface area contributed by atoms with E-state index in [0.29, 0.717) is 24.6 Å². The quantitative estimate of drug-likeness (QED) is 0.766. The Bertz CT molecular complexity index is 600. The van der Waals surface area contributed by atoms with Crippen LogP contribution in [0.15, 0.2) is 12.1 Å². The van der Waals surface area contributed by atoms with Crippen LogP contribution in [-0.2, 0) is 10.6 Å². The molecule has 0 spiro atoms. The van der Waals surface area contributed by atoms with Crippen molar-refractivity contribution in [2.24, 2.45) is 0 Å². The molecule has 2 rings (SSSR count). The minimum absolute atomic E-state index is 0.0591. The fourth-order valence-corrected chi connectivity index (χ4v) is 2.44. The van der Waals surface area contributed by atoms with Crippen LogP contribution < -0.4 is 4.74 Å². The summed E-state index contributed by atoms with van der Waals surface area (Å²) in [6.07, 6.45) is 0. The summed E-state index contributed by atoms with van der Waals surface area (Å²) < 4.78 is 26.2. The highest BCUT2D eigenvalue weighted by molar-refractivity contribution is 6.16. The fraction of sp³-hybridized carbons (Fsp3) is 0.500. The zero-order valence-corrected chi connectivity index (χ0v) is 12.6. The Kier molecular flexibility index (Phi) is 4.83. The predicted molar refractivity (Wildman–Crippen MR) is 77.0 cm³/mol. The molecule has 0 saturated carbocycles. The number of hydrogen-bond donors (Lipinski definition) is 0. The fourth-order valence-electron chi connectivity index (χ4n) is 2.25. The Labute approximate surface area is 122 Å². The van der Waals surface area contributed by atoms with Gasteiger partial charge in [-0.15, -0.1) is 11.6 Å². The van der Waals surface area contributed by atoms with Crippen molar-refractivity contribution < 1.29 is 13.9 Å². The molecule has 1 unspecified atom stereocenters. The molecule has 20 heavy (non-hydrogen) atoms. The second kappa shape index (κ2) is 6.41. The van der Waals surface area contributed by atoms with E-state index in [9.17, 15) is 4.39 Å². The van der Waals surface area contributed by atoms with Crippen LogP contribution in [0, 0.1) is 5.82 Å². The first-order valence-electron chi connectivity index (χ1n) is 6.50. The minimum Gasteiger partial charge on any atom is -0.494 e. The molecule has 0 saturated heterocycles. The highest BCUT2D eigenvalue weighted by Crippen LogP contribution is 2.28. The highest BCUT2D eigenvalue weighted by atomic mass is 35.5. The minimum atomic E-state index is -0.428. The van der Waals surface area contributed by atoms with E-state index in [0.717, 1.165) is 5.52 Å². The molecule has 1 heterocycles. The summed E-state index contributed by atoms with van der Waals surface area (Å²) in [6, 6.07) is 3.08. The van der Waals surface area contributed by atoms with E-state index in [1.165, 1.54) is 13.2 Å². The molecule has 1 atom stereocenters. The molecule has 0 aliphatic heterocycles. The number of imidazole rings is 1. The predicted octanol–water partition coefficient (Wildman–Crippen LogP) is 3.52. The first-order chi connectivity index (χ1) is 9.62. The van der Waals surface area contributed by atoms with Gasteiger partial charge in [0.1, 0.15) is 5.82 Å². The summed E-state index contributed by atoms with van der Waals surface area (Å²) in [5.74, 6) is 0.725. The summed E-state index contributed by atoms with van der Waals surface area (Å²) in [5.41, 5.74) is 1.37. The van der Waals surface area contributed by atoms with E-state index < -0.39 is 5.82 Å². The number of benzene rings is 1. The van der Waals surface area contributed by atoms with Crippen molar-refractivity contribution >= 4 is 22.6 Å². The average molecular weight is 301 g/mol. The van der Waals surface area contributed by atoms with Crippen molar-refractivity contribution in [3.63, 3.8) is 0 Å². The van der Waals surface area contributed by atoms with Crippen LogP contribution in [0.4, 0.5) is 4.39 Å². The molecule has 0 aliphatic carbocycles. The molecule has 110 valence electrons. The highest BCUT2D eigenvalue weighted by Gasteiger charge is 2.18. The number of rotatable bonds is 6. The van der Waals surface area contributed by atoms with E-state index in [-0.39, 0.29) is 17.7 Å². The number of nitrogens with zero attached hydrogens (tertiary/aromatic N) is 2. The number of methoxy groups -OCH3 is 1. The molecule has 0 bridgehead atoms. The molecule has 1 aromatic carbocycles. The smallest absolute Gasteiger partial charge is 0.167 e. The molecular formula is C14H18ClFN2O2. The summed E-state index contributed by atoms with van der Waals surface area (Å²) in [6.45, 7) is 5.15. The summed E-state index contributed by atoms with van der Waals surface area (Å²) >= 11 is 5.95. The Morgan fingerprint density at radius 2 is 2.20 bits per heavy atom. The molecule has 0 N–H and O–H groups in total. The number of aromatic nitrogens is 2. The largest absolute Gasteiger partial charge is 0.494 e. The maximum atomic E-state index is 13.7. The third-order valence-electron chi connectivity index (χ3n) is 3.16. The Hall–Kier alpha value is -1.33. The molecule has 1 aromatic heterocycles. The summed E-state index contributed by atoms with van der Waals surface area (Å²) in [4.78, 5) is 4.38. The van der Waals surface area contributed by atoms with Gasteiger partial charge in [0.15, 0.2) is 11.6 Å².